The van der Waals surface area contributed by atoms with E-state index in [1.807, 2.05) is 24.6 Å². The van der Waals surface area contributed by atoms with E-state index in [9.17, 15) is 9.18 Å². The molecule has 130 valence electrons. The summed E-state index contributed by atoms with van der Waals surface area (Å²) in [5.41, 5.74) is 2.87. The van der Waals surface area contributed by atoms with Crippen molar-refractivity contribution in [1.29, 1.82) is 0 Å². The molecule has 7 heteroatoms. The van der Waals surface area contributed by atoms with E-state index in [1.165, 1.54) is 18.5 Å². The molecule has 25 heavy (non-hydrogen) atoms. The highest BCUT2D eigenvalue weighted by Gasteiger charge is 2.17. The quantitative estimate of drug-likeness (QED) is 0.699. The first-order valence-corrected chi connectivity index (χ1v) is 8.03. The van der Waals surface area contributed by atoms with Gasteiger partial charge in [0.15, 0.2) is 17.8 Å². The van der Waals surface area contributed by atoms with Gasteiger partial charge in [0.25, 0.3) is 5.91 Å². The Kier molecular flexibility index (Phi) is 4.92. The van der Waals surface area contributed by atoms with E-state index in [-0.39, 0.29) is 17.4 Å². The normalized spacial score (nSPS) is 10.8. The van der Waals surface area contributed by atoms with E-state index in [1.54, 1.807) is 12.1 Å². The Morgan fingerprint density at radius 1 is 1.28 bits per heavy atom. The molecule has 0 unspecified atom stereocenters. The summed E-state index contributed by atoms with van der Waals surface area (Å²) >= 11 is 0. The van der Waals surface area contributed by atoms with Gasteiger partial charge in [0.2, 0.25) is 0 Å². The van der Waals surface area contributed by atoms with Crippen molar-refractivity contribution < 1.29 is 13.6 Å². The average molecular weight is 342 g/mol. The van der Waals surface area contributed by atoms with Crippen LogP contribution in [0.15, 0.2) is 41.1 Å². The molecule has 6 nitrogen and oxygen atoms in total. The van der Waals surface area contributed by atoms with Gasteiger partial charge in [0, 0.05) is 24.3 Å². The number of rotatable bonds is 6. The van der Waals surface area contributed by atoms with Crippen LogP contribution in [0.25, 0.3) is 11.3 Å². The fourth-order valence-corrected chi connectivity index (χ4v) is 2.63. The van der Waals surface area contributed by atoms with Gasteiger partial charge in [-0.05, 0) is 50.6 Å². The number of hydrogen-bond donors (Lipinski definition) is 1. The van der Waals surface area contributed by atoms with Gasteiger partial charge in [-0.15, -0.1) is 0 Å². The fraction of sp³-hybridized carbons (Fsp3) is 0.278. The number of carbonyl (C=O) groups excluding carboxylic acids is 1. The molecule has 0 atom stereocenters. The van der Waals surface area contributed by atoms with Gasteiger partial charge in [-0.1, -0.05) is 0 Å². The van der Waals surface area contributed by atoms with Crippen LogP contribution in [0.3, 0.4) is 0 Å². The van der Waals surface area contributed by atoms with Crippen LogP contribution in [0, 0.1) is 19.7 Å². The van der Waals surface area contributed by atoms with Gasteiger partial charge in [-0.25, -0.2) is 9.37 Å². The van der Waals surface area contributed by atoms with Gasteiger partial charge in [-0.3, -0.25) is 9.48 Å². The predicted octanol–water partition coefficient (Wildman–Crippen LogP) is 3.11. The van der Waals surface area contributed by atoms with Gasteiger partial charge in [0.05, 0.1) is 5.69 Å². The first-order valence-electron chi connectivity index (χ1n) is 8.03. The lowest BCUT2D eigenvalue weighted by atomic mass is 10.1. The summed E-state index contributed by atoms with van der Waals surface area (Å²) in [7, 11) is 0. The SMILES string of the molecule is Cc1cc(C)n(CCCNC(=O)c2ncoc2-c2ccc(F)cc2)n1. The molecule has 0 saturated heterocycles. The summed E-state index contributed by atoms with van der Waals surface area (Å²) in [6, 6.07) is 7.75. The van der Waals surface area contributed by atoms with Crippen LogP contribution in [-0.2, 0) is 6.54 Å². The Hall–Kier alpha value is -2.96. The van der Waals surface area contributed by atoms with Crippen molar-refractivity contribution in [3.63, 3.8) is 0 Å². The molecular formula is C18H19FN4O2. The molecule has 0 spiro atoms. The predicted molar refractivity (Wildman–Crippen MR) is 90.5 cm³/mol. The van der Waals surface area contributed by atoms with Crippen molar-refractivity contribution in [3.8, 4) is 11.3 Å². The third-order valence-corrected chi connectivity index (χ3v) is 3.82. The second kappa shape index (κ2) is 7.29. The lowest BCUT2D eigenvalue weighted by Gasteiger charge is -2.06. The highest BCUT2D eigenvalue weighted by atomic mass is 19.1. The third kappa shape index (κ3) is 3.93. The van der Waals surface area contributed by atoms with Gasteiger partial charge in [-0.2, -0.15) is 5.10 Å². The lowest BCUT2D eigenvalue weighted by molar-refractivity contribution is 0.0948. The number of benzene rings is 1. The molecule has 0 aliphatic heterocycles. The molecule has 0 saturated carbocycles. The molecule has 3 aromatic rings. The Bertz CT molecular complexity index is 868. The number of aromatic nitrogens is 3. The highest BCUT2D eigenvalue weighted by molar-refractivity contribution is 5.97. The molecule has 2 aromatic heterocycles. The summed E-state index contributed by atoms with van der Waals surface area (Å²) in [5, 5.41) is 7.21. The molecule has 0 aliphatic carbocycles. The fourth-order valence-electron chi connectivity index (χ4n) is 2.63. The number of hydrogen-bond acceptors (Lipinski definition) is 4. The standard InChI is InChI=1S/C18H19FN4O2/c1-12-10-13(2)23(22-12)9-3-8-20-18(24)16-17(25-11-21-16)14-4-6-15(19)7-5-14/h4-7,10-11H,3,8-9H2,1-2H3,(H,20,24). The van der Waals surface area contributed by atoms with E-state index in [4.69, 9.17) is 4.42 Å². The molecule has 3 rings (SSSR count). The van der Waals surface area contributed by atoms with Crippen molar-refractivity contribution in [2.75, 3.05) is 6.54 Å². The maximum absolute atomic E-state index is 13.0. The number of amides is 1. The molecule has 0 aliphatic rings. The van der Waals surface area contributed by atoms with Gasteiger partial charge >= 0.3 is 0 Å². The first kappa shape index (κ1) is 16.9. The topological polar surface area (TPSA) is 73.0 Å². The molecule has 1 amide bonds. The van der Waals surface area contributed by atoms with Crippen LogP contribution in [-0.4, -0.2) is 27.2 Å². The van der Waals surface area contributed by atoms with Crippen LogP contribution in [0.4, 0.5) is 4.39 Å². The summed E-state index contributed by atoms with van der Waals surface area (Å²) in [6.45, 7) is 5.17. The molecule has 2 heterocycles. The second-order valence-electron chi connectivity index (χ2n) is 5.80. The Morgan fingerprint density at radius 2 is 2.04 bits per heavy atom. The van der Waals surface area contributed by atoms with Crippen molar-refractivity contribution >= 4 is 5.91 Å². The minimum absolute atomic E-state index is 0.192. The van der Waals surface area contributed by atoms with Gasteiger partial charge < -0.3 is 9.73 Å². The number of carbonyl (C=O) groups is 1. The van der Waals surface area contributed by atoms with E-state index in [0.29, 0.717) is 17.9 Å². The van der Waals surface area contributed by atoms with Crippen LogP contribution in [0.5, 0.6) is 0 Å². The average Bonchev–Trinajstić information content (AvgIpc) is 3.19. The lowest BCUT2D eigenvalue weighted by Crippen LogP contribution is -2.26. The zero-order chi connectivity index (χ0) is 17.8. The molecular weight excluding hydrogens is 323 g/mol. The largest absolute Gasteiger partial charge is 0.443 e. The number of halogens is 1. The summed E-state index contributed by atoms with van der Waals surface area (Å²) in [4.78, 5) is 16.3. The Labute approximate surface area is 144 Å². The zero-order valence-electron chi connectivity index (χ0n) is 14.1. The van der Waals surface area contributed by atoms with Crippen LogP contribution in [0.1, 0.15) is 28.3 Å². The Morgan fingerprint density at radius 3 is 2.72 bits per heavy atom. The maximum Gasteiger partial charge on any atom is 0.273 e. The van der Waals surface area contributed by atoms with E-state index < -0.39 is 0 Å². The number of nitrogens with zero attached hydrogens (tertiary/aromatic N) is 3. The first-order chi connectivity index (χ1) is 12.0. The van der Waals surface area contributed by atoms with Gasteiger partial charge in [0.1, 0.15) is 5.82 Å². The smallest absolute Gasteiger partial charge is 0.273 e. The van der Waals surface area contributed by atoms with Crippen molar-refractivity contribution in [3.05, 3.63) is 59.6 Å². The number of nitrogens with one attached hydrogen (secondary N) is 1. The van der Waals surface area contributed by atoms with Crippen LogP contribution in [0.2, 0.25) is 0 Å². The van der Waals surface area contributed by atoms with Crippen molar-refractivity contribution in [2.24, 2.45) is 0 Å². The number of aryl methyl sites for hydroxylation is 3. The van der Waals surface area contributed by atoms with Crippen molar-refractivity contribution in [2.45, 2.75) is 26.8 Å². The van der Waals surface area contributed by atoms with Crippen LogP contribution < -0.4 is 5.32 Å². The van der Waals surface area contributed by atoms with Crippen LogP contribution >= 0.6 is 0 Å². The van der Waals surface area contributed by atoms with E-state index >= 15 is 0 Å². The molecule has 1 aromatic carbocycles. The zero-order valence-corrected chi connectivity index (χ0v) is 14.1. The third-order valence-electron chi connectivity index (χ3n) is 3.82. The van der Waals surface area contributed by atoms with E-state index in [0.717, 1.165) is 24.4 Å². The summed E-state index contributed by atoms with van der Waals surface area (Å²) in [5.74, 6) is -0.337. The minimum atomic E-state index is -0.349. The molecule has 1 N–H and O–H groups in total. The molecule has 0 bridgehead atoms. The Balaban J connectivity index is 1.58. The number of oxazole rings is 1. The van der Waals surface area contributed by atoms with Crippen molar-refractivity contribution in [1.82, 2.24) is 20.1 Å². The summed E-state index contributed by atoms with van der Waals surface area (Å²) in [6.07, 6.45) is 1.96. The second-order valence-corrected chi connectivity index (χ2v) is 5.80. The molecule has 0 radical (unpaired) electrons. The summed E-state index contributed by atoms with van der Waals surface area (Å²) < 4.78 is 20.2. The monoisotopic (exact) mass is 342 g/mol. The maximum atomic E-state index is 13.0. The highest BCUT2D eigenvalue weighted by Crippen LogP contribution is 2.23. The van der Waals surface area contributed by atoms with E-state index in [2.05, 4.69) is 15.4 Å². The molecule has 0 fully saturated rings. The minimum Gasteiger partial charge on any atom is -0.443 e.